The van der Waals surface area contributed by atoms with Gasteiger partial charge in [-0.3, -0.25) is 39.0 Å². The molecule has 0 aliphatic carbocycles. The van der Waals surface area contributed by atoms with Crippen LogP contribution in [0, 0.1) is 5.92 Å². The summed E-state index contributed by atoms with van der Waals surface area (Å²) in [6.45, 7) is 2.42. The van der Waals surface area contributed by atoms with Crippen molar-refractivity contribution in [2.45, 2.75) is 62.8 Å². The van der Waals surface area contributed by atoms with Crippen molar-refractivity contribution in [1.29, 1.82) is 0 Å². The Morgan fingerprint density at radius 2 is 1.39 bits per heavy atom. The van der Waals surface area contributed by atoms with E-state index in [0.717, 1.165) is 23.8 Å². The molecule has 6 aliphatic rings. The number of fused-ring (bicyclic) bond motifs is 3. The van der Waals surface area contributed by atoms with Gasteiger partial charge >= 0.3 is 6.18 Å². The summed E-state index contributed by atoms with van der Waals surface area (Å²) in [5, 5.41) is 21.0. The Balaban J connectivity index is 0.769. The number of nitrogens with one attached hydrogen (secondary N) is 1. The molecule has 10 rings (SSSR count). The first-order valence-electron chi connectivity index (χ1n) is 22.5. The van der Waals surface area contributed by atoms with Gasteiger partial charge in [0.25, 0.3) is 17.7 Å². The van der Waals surface area contributed by atoms with Gasteiger partial charge in [0, 0.05) is 93.7 Å². The van der Waals surface area contributed by atoms with Crippen LogP contribution < -0.4 is 25.8 Å². The van der Waals surface area contributed by atoms with Gasteiger partial charge in [0.15, 0.2) is 5.82 Å². The highest BCUT2D eigenvalue weighted by atomic mass is 19.4. The lowest BCUT2D eigenvalue weighted by molar-refractivity contribution is -0.138. The van der Waals surface area contributed by atoms with Crippen LogP contribution in [0.2, 0.25) is 0 Å². The van der Waals surface area contributed by atoms with Gasteiger partial charge in [-0.25, -0.2) is 0 Å². The Morgan fingerprint density at radius 1 is 0.716 bits per heavy atom. The number of amides is 6. The number of anilines is 4. The van der Waals surface area contributed by atoms with Crippen molar-refractivity contribution in [1.82, 2.24) is 30.2 Å². The van der Waals surface area contributed by atoms with Gasteiger partial charge in [0.05, 0.1) is 33.6 Å². The number of phenols is 1. The number of piperazine rings is 2. The van der Waals surface area contributed by atoms with Crippen molar-refractivity contribution in [3.63, 3.8) is 0 Å². The molecule has 6 aliphatic heterocycles. The summed E-state index contributed by atoms with van der Waals surface area (Å²) < 4.78 is 43.6. The SMILES string of the molecule is Nc1nnc(-c2ccccc2O)cc1N1CC2CCC(C1)N2c1ccc(C(F)(F)F)c(C(=O)N2CCN(C(=O)C3CCN(c4ccc5c(c4)C(=O)N(C4CCC(=O)NC4=O)C5=O)CC3)CC2)c1. The molecule has 3 aromatic carbocycles. The van der Waals surface area contributed by atoms with Crippen LogP contribution in [0.1, 0.15) is 75.2 Å². The third kappa shape index (κ3) is 7.90. The number of carbonyl (C=O) groups is 6. The van der Waals surface area contributed by atoms with Crippen LogP contribution in [0.5, 0.6) is 5.75 Å². The highest BCUT2D eigenvalue weighted by Gasteiger charge is 2.46. The first kappa shape index (κ1) is 43.6. The predicted molar refractivity (Wildman–Crippen MR) is 237 cm³/mol. The van der Waals surface area contributed by atoms with E-state index in [9.17, 15) is 47.0 Å². The molecule has 7 heterocycles. The van der Waals surface area contributed by atoms with Crippen molar-refractivity contribution in [3.8, 4) is 17.0 Å². The summed E-state index contributed by atoms with van der Waals surface area (Å²) in [6.07, 6.45) is -2.18. The fraction of sp³-hybridized carbons (Fsp3) is 0.404. The second kappa shape index (κ2) is 16.9. The van der Waals surface area contributed by atoms with Crippen LogP contribution in [0.15, 0.2) is 66.7 Å². The topological polar surface area (TPSA) is 206 Å². The monoisotopic (exact) mass is 920 g/mol. The minimum absolute atomic E-state index is 0.0189. The maximum absolute atomic E-state index is 14.5. The number of halogens is 3. The Morgan fingerprint density at radius 3 is 2.07 bits per heavy atom. The zero-order valence-corrected chi connectivity index (χ0v) is 36.2. The Bertz CT molecular complexity index is 2710. The van der Waals surface area contributed by atoms with E-state index >= 15 is 0 Å². The van der Waals surface area contributed by atoms with Gasteiger partial charge in [0.2, 0.25) is 17.7 Å². The number of piperidine rings is 2. The average molecular weight is 921 g/mol. The summed E-state index contributed by atoms with van der Waals surface area (Å²) in [4.78, 5) is 88.8. The number of benzene rings is 3. The van der Waals surface area contributed by atoms with Gasteiger partial charge in [-0.15, -0.1) is 10.2 Å². The van der Waals surface area contributed by atoms with Crippen LogP contribution in [-0.4, -0.2) is 136 Å². The number of imide groups is 2. The highest BCUT2D eigenvalue weighted by molar-refractivity contribution is 6.23. The molecule has 348 valence electrons. The highest BCUT2D eigenvalue weighted by Crippen LogP contribution is 2.42. The second-order valence-electron chi connectivity index (χ2n) is 18.0. The molecular formula is C47H47F3N10O7. The average Bonchev–Trinajstić information content (AvgIpc) is 3.74. The summed E-state index contributed by atoms with van der Waals surface area (Å²) in [7, 11) is 0. The molecule has 0 spiro atoms. The Kier molecular flexibility index (Phi) is 11.0. The third-order valence-electron chi connectivity index (χ3n) is 14.2. The van der Waals surface area contributed by atoms with E-state index in [1.165, 1.54) is 17.0 Å². The maximum Gasteiger partial charge on any atom is 0.417 e. The number of hydrogen-bond donors (Lipinski definition) is 3. The lowest BCUT2D eigenvalue weighted by Crippen LogP contribution is -2.54. The van der Waals surface area contributed by atoms with Crippen LogP contribution in [0.4, 0.5) is 36.1 Å². The molecule has 67 heavy (non-hydrogen) atoms. The maximum atomic E-state index is 14.5. The van der Waals surface area contributed by atoms with Gasteiger partial charge < -0.3 is 35.3 Å². The lowest BCUT2D eigenvalue weighted by Gasteiger charge is -2.44. The number of hydrogen-bond acceptors (Lipinski definition) is 13. The van der Waals surface area contributed by atoms with E-state index < -0.39 is 52.9 Å². The van der Waals surface area contributed by atoms with Crippen LogP contribution in [0.3, 0.4) is 0 Å². The van der Waals surface area contributed by atoms with E-state index in [-0.39, 0.29) is 85.6 Å². The minimum Gasteiger partial charge on any atom is -0.507 e. The van der Waals surface area contributed by atoms with E-state index in [0.29, 0.717) is 67.3 Å². The molecule has 4 N–H and O–H groups in total. The fourth-order valence-electron chi connectivity index (χ4n) is 10.7. The summed E-state index contributed by atoms with van der Waals surface area (Å²) in [6, 6.07) is 16.0. The first-order chi connectivity index (χ1) is 32.1. The number of nitrogen functional groups attached to an aromatic ring is 1. The molecule has 5 fully saturated rings. The molecule has 3 unspecified atom stereocenters. The van der Waals surface area contributed by atoms with Crippen LogP contribution >= 0.6 is 0 Å². The standard InChI is InChI=1S/C47H47F3N10O7/c48-47(49,50)35-10-8-28(59-29-5-6-30(59)25-58(24-29)38-23-36(53-54-41(38)51)32-3-1-2-4-39(32)61)22-34(35)44(65)57-19-17-56(18-20-57)43(64)26-13-15-55(16-14-26)27-7-9-31-33(21-27)46(67)60(45(31)66)37-11-12-40(62)52-42(37)63/h1-4,7-10,21-23,26,29-30,37,61H,5-6,11-20,24-25H2,(H2,51,54)(H,52,62,63). The van der Waals surface area contributed by atoms with Crippen molar-refractivity contribution in [2.75, 3.05) is 72.8 Å². The van der Waals surface area contributed by atoms with Gasteiger partial charge in [-0.2, -0.15) is 13.2 Å². The van der Waals surface area contributed by atoms with Crippen molar-refractivity contribution >= 4 is 58.3 Å². The zero-order chi connectivity index (χ0) is 46.9. The molecule has 4 aromatic rings. The van der Waals surface area contributed by atoms with Crippen LogP contribution in [-0.2, 0) is 20.6 Å². The lowest BCUT2D eigenvalue weighted by atomic mass is 9.94. The van der Waals surface area contributed by atoms with E-state index in [1.807, 2.05) is 4.90 Å². The number of aromatic hydroxyl groups is 1. The molecule has 2 bridgehead atoms. The molecular weight excluding hydrogens is 874 g/mol. The number of para-hydroxylation sites is 1. The quantitative estimate of drug-likeness (QED) is 0.225. The molecule has 0 saturated carbocycles. The number of nitrogens with two attached hydrogens (primary N) is 1. The normalized spacial score (nSPS) is 22.4. The second-order valence-corrected chi connectivity index (χ2v) is 18.0. The fourth-order valence-corrected chi connectivity index (χ4v) is 10.7. The molecule has 3 atom stereocenters. The molecule has 1 aromatic heterocycles. The zero-order valence-electron chi connectivity index (χ0n) is 36.2. The molecule has 17 nitrogen and oxygen atoms in total. The number of rotatable bonds is 7. The first-order valence-corrected chi connectivity index (χ1v) is 22.5. The number of aromatic nitrogens is 2. The minimum atomic E-state index is -4.78. The van der Waals surface area contributed by atoms with Crippen molar-refractivity contribution in [3.05, 3.63) is 89.0 Å². The van der Waals surface area contributed by atoms with Gasteiger partial charge in [0.1, 0.15) is 11.8 Å². The molecule has 20 heteroatoms. The van der Waals surface area contributed by atoms with Gasteiger partial charge in [-0.1, -0.05) is 12.1 Å². The van der Waals surface area contributed by atoms with Crippen molar-refractivity contribution in [2.24, 2.45) is 5.92 Å². The number of nitrogens with zero attached hydrogens (tertiary/aromatic N) is 8. The van der Waals surface area contributed by atoms with E-state index in [1.54, 1.807) is 53.4 Å². The number of alkyl halides is 3. The smallest absolute Gasteiger partial charge is 0.417 e. The third-order valence-corrected chi connectivity index (χ3v) is 14.2. The molecule has 0 radical (unpaired) electrons. The Hall–Kier alpha value is -7.25. The Labute approximate surface area is 382 Å². The molecule has 6 amide bonds. The van der Waals surface area contributed by atoms with Crippen LogP contribution in [0.25, 0.3) is 11.3 Å². The van der Waals surface area contributed by atoms with Gasteiger partial charge in [-0.05, 0) is 86.7 Å². The summed E-state index contributed by atoms with van der Waals surface area (Å²) in [5.41, 5.74) is 8.02. The largest absolute Gasteiger partial charge is 0.507 e. The number of phenolic OH excluding ortho intramolecular Hbond substituents is 1. The van der Waals surface area contributed by atoms with Crippen molar-refractivity contribution < 1.29 is 47.0 Å². The number of carbonyl (C=O) groups excluding carboxylic acids is 6. The summed E-state index contributed by atoms with van der Waals surface area (Å²) in [5.74, 6) is -3.22. The van der Waals surface area contributed by atoms with E-state index in [4.69, 9.17) is 5.73 Å². The molecule has 5 saturated heterocycles. The predicted octanol–water partition coefficient (Wildman–Crippen LogP) is 3.91. The van der Waals surface area contributed by atoms with E-state index in [2.05, 4.69) is 25.3 Å². The summed E-state index contributed by atoms with van der Waals surface area (Å²) >= 11 is 0.